The van der Waals surface area contributed by atoms with Gasteiger partial charge in [-0.25, -0.2) is 4.39 Å². The molecular weight excluding hydrogens is 229 g/mol. The van der Waals surface area contributed by atoms with E-state index in [1.54, 1.807) is 12.1 Å². The molecule has 1 aromatic carbocycles. The minimum Gasteiger partial charge on any atom is -0.301 e. The number of hydrogen-bond donors (Lipinski definition) is 1. The van der Waals surface area contributed by atoms with Crippen LogP contribution in [0.1, 0.15) is 25.3 Å². The van der Waals surface area contributed by atoms with Gasteiger partial charge in [-0.05, 0) is 37.6 Å². The highest BCUT2D eigenvalue weighted by molar-refractivity contribution is 5.89. The molecule has 1 atom stereocenters. The molecule has 1 aliphatic heterocycles. The number of piperidine rings is 1. The highest BCUT2D eigenvalue weighted by atomic mass is 35.5. The van der Waals surface area contributed by atoms with Crippen molar-refractivity contribution in [3.8, 4) is 0 Å². The molecule has 0 saturated carbocycles. The molecule has 1 heterocycles. The van der Waals surface area contributed by atoms with Gasteiger partial charge in [0.1, 0.15) is 11.4 Å². The summed E-state index contributed by atoms with van der Waals surface area (Å²) < 4.78 is 12.8. The van der Waals surface area contributed by atoms with Gasteiger partial charge in [0.05, 0.1) is 0 Å². The highest BCUT2D eigenvalue weighted by Crippen LogP contribution is 2.26. The third-order valence-electron chi connectivity index (χ3n) is 3.04. The molecule has 0 bridgehead atoms. The number of carbonyl (C=O) groups excluding carboxylic acids is 1. The molecule has 2 nitrogen and oxygen atoms in total. The molecule has 1 aliphatic rings. The summed E-state index contributed by atoms with van der Waals surface area (Å²) in [5.74, 6) is -0.0917. The van der Waals surface area contributed by atoms with Crippen LogP contribution in [0, 0.1) is 5.82 Å². The molecular formula is C12H15ClFNO. The smallest absolute Gasteiger partial charge is 0.157 e. The van der Waals surface area contributed by atoms with E-state index >= 15 is 0 Å². The standard InChI is InChI=1S/C12H14FNO.ClH/c1-12(11(15)3-2-8-14-12)9-4-6-10(13)7-5-9;/h4-7,14H,2-3,8H2,1H3;1H. The van der Waals surface area contributed by atoms with Crippen molar-refractivity contribution < 1.29 is 9.18 Å². The Morgan fingerprint density at radius 3 is 2.50 bits per heavy atom. The first-order valence-electron chi connectivity index (χ1n) is 5.17. The van der Waals surface area contributed by atoms with Crippen LogP contribution in [0.5, 0.6) is 0 Å². The van der Waals surface area contributed by atoms with Crippen LogP contribution in [0.4, 0.5) is 4.39 Å². The summed E-state index contributed by atoms with van der Waals surface area (Å²) in [7, 11) is 0. The van der Waals surface area contributed by atoms with Crippen LogP contribution in [0.2, 0.25) is 0 Å². The molecule has 0 aromatic heterocycles. The van der Waals surface area contributed by atoms with E-state index in [2.05, 4.69) is 5.32 Å². The van der Waals surface area contributed by atoms with Gasteiger partial charge in [-0.3, -0.25) is 4.79 Å². The van der Waals surface area contributed by atoms with Crippen LogP contribution in [-0.4, -0.2) is 12.3 Å². The summed E-state index contributed by atoms with van der Waals surface area (Å²) in [6, 6.07) is 6.13. The lowest BCUT2D eigenvalue weighted by Gasteiger charge is -2.33. The van der Waals surface area contributed by atoms with Gasteiger partial charge in [-0.15, -0.1) is 12.4 Å². The van der Waals surface area contributed by atoms with E-state index in [-0.39, 0.29) is 24.0 Å². The summed E-state index contributed by atoms with van der Waals surface area (Å²) >= 11 is 0. The number of halogens is 2. The zero-order chi connectivity index (χ0) is 10.9. The molecule has 4 heteroatoms. The largest absolute Gasteiger partial charge is 0.301 e. The maximum atomic E-state index is 12.8. The lowest BCUT2D eigenvalue weighted by atomic mass is 9.83. The quantitative estimate of drug-likeness (QED) is 0.821. The first-order chi connectivity index (χ1) is 7.13. The highest BCUT2D eigenvalue weighted by Gasteiger charge is 2.36. The Labute approximate surface area is 101 Å². The van der Waals surface area contributed by atoms with E-state index in [4.69, 9.17) is 0 Å². The Hall–Kier alpha value is -0.930. The number of benzene rings is 1. The van der Waals surface area contributed by atoms with Crippen molar-refractivity contribution in [3.63, 3.8) is 0 Å². The van der Waals surface area contributed by atoms with Crippen molar-refractivity contribution >= 4 is 18.2 Å². The van der Waals surface area contributed by atoms with Crippen molar-refractivity contribution in [2.24, 2.45) is 0 Å². The average molecular weight is 244 g/mol. The lowest BCUT2D eigenvalue weighted by molar-refractivity contribution is -0.126. The summed E-state index contributed by atoms with van der Waals surface area (Å²) in [6.07, 6.45) is 1.48. The molecule has 1 aromatic rings. The van der Waals surface area contributed by atoms with Crippen molar-refractivity contribution in [1.29, 1.82) is 0 Å². The Morgan fingerprint density at radius 2 is 1.94 bits per heavy atom. The van der Waals surface area contributed by atoms with Gasteiger partial charge < -0.3 is 5.32 Å². The van der Waals surface area contributed by atoms with Crippen LogP contribution in [0.3, 0.4) is 0 Å². The molecule has 1 saturated heterocycles. The van der Waals surface area contributed by atoms with Crippen LogP contribution < -0.4 is 5.32 Å². The lowest BCUT2D eigenvalue weighted by Crippen LogP contribution is -2.50. The molecule has 16 heavy (non-hydrogen) atoms. The maximum Gasteiger partial charge on any atom is 0.157 e. The number of hydrogen-bond acceptors (Lipinski definition) is 2. The predicted molar refractivity (Wildman–Crippen MR) is 63.2 cm³/mol. The van der Waals surface area contributed by atoms with E-state index in [1.807, 2.05) is 6.92 Å². The molecule has 1 unspecified atom stereocenters. The van der Waals surface area contributed by atoms with Gasteiger partial charge in [0, 0.05) is 6.42 Å². The Kier molecular flexibility index (Phi) is 4.05. The molecule has 1 fully saturated rings. The summed E-state index contributed by atoms with van der Waals surface area (Å²) in [6.45, 7) is 2.70. The second kappa shape index (κ2) is 4.93. The predicted octanol–water partition coefficient (Wildman–Crippen LogP) is 2.42. The minimum atomic E-state index is -0.633. The molecule has 2 rings (SSSR count). The molecule has 1 N–H and O–H groups in total. The second-order valence-electron chi connectivity index (χ2n) is 4.09. The van der Waals surface area contributed by atoms with E-state index < -0.39 is 5.54 Å². The Morgan fingerprint density at radius 1 is 1.31 bits per heavy atom. The van der Waals surface area contributed by atoms with Crippen LogP contribution >= 0.6 is 12.4 Å². The Bertz CT molecular complexity index is 379. The average Bonchev–Trinajstić information content (AvgIpc) is 2.23. The van der Waals surface area contributed by atoms with Gasteiger partial charge in [-0.2, -0.15) is 0 Å². The fraction of sp³-hybridized carbons (Fsp3) is 0.417. The Balaban J connectivity index is 0.00000128. The first-order valence-corrected chi connectivity index (χ1v) is 5.17. The zero-order valence-corrected chi connectivity index (χ0v) is 9.94. The van der Waals surface area contributed by atoms with E-state index in [0.717, 1.165) is 18.5 Å². The third-order valence-corrected chi connectivity index (χ3v) is 3.04. The van der Waals surface area contributed by atoms with Gasteiger partial charge in [0.25, 0.3) is 0 Å². The molecule has 88 valence electrons. The SMILES string of the molecule is CC1(c2ccc(F)cc2)NCCCC1=O.Cl. The maximum absolute atomic E-state index is 12.8. The third kappa shape index (κ3) is 2.25. The molecule has 0 radical (unpaired) electrons. The van der Waals surface area contributed by atoms with Gasteiger partial charge in [0.15, 0.2) is 5.78 Å². The second-order valence-corrected chi connectivity index (χ2v) is 4.09. The van der Waals surface area contributed by atoms with E-state index in [0.29, 0.717) is 6.42 Å². The topological polar surface area (TPSA) is 29.1 Å². The van der Waals surface area contributed by atoms with Crippen molar-refractivity contribution in [1.82, 2.24) is 5.32 Å². The normalized spacial score (nSPS) is 25.0. The van der Waals surface area contributed by atoms with Gasteiger partial charge in [0.2, 0.25) is 0 Å². The zero-order valence-electron chi connectivity index (χ0n) is 9.13. The number of nitrogens with one attached hydrogen (secondary N) is 1. The summed E-state index contributed by atoms with van der Waals surface area (Å²) in [4.78, 5) is 11.8. The summed E-state index contributed by atoms with van der Waals surface area (Å²) in [5.41, 5.74) is 0.208. The first kappa shape index (κ1) is 13.1. The van der Waals surface area contributed by atoms with Crippen LogP contribution in [0.25, 0.3) is 0 Å². The number of carbonyl (C=O) groups is 1. The summed E-state index contributed by atoms with van der Waals surface area (Å²) in [5, 5.41) is 3.21. The number of Topliss-reactive ketones (excluding diaryl/α,β-unsaturated/α-hetero) is 1. The fourth-order valence-corrected chi connectivity index (χ4v) is 1.98. The fourth-order valence-electron chi connectivity index (χ4n) is 1.98. The van der Waals surface area contributed by atoms with E-state index in [9.17, 15) is 9.18 Å². The number of rotatable bonds is 1. The molecule has 0 aliphatic carbocycles. The number of ketones is 1. The molecule has 0 amide bonds. The van der Waals surface area contributed by atoms with Crippen molar-refractivity contribution in [3.05, 3.63) is 35.6 Å². The van der Waals surface area contributed by atoms with Crippen LogP contribution in [-0.2, 0) is 10.3 Å². The molecule has 0 spiro atoms. The van der Waals surface area contributed by atoms with Gasteiger partial charge in [-0.1, -0.05) is 12.1 Å². The monoisotopic (exact) mass is 243 g/mol. The van der Waals surface area contributed by atoms with Gasteiger partial charge >= 0.3 is 0 Å². The van der Waals surface area contributed by atoms with Crippen LogP contribution in [0.15, 0.2) is 24.3 Å². The van der Waals surface area contributed by atoms with Crippen molar-refractivity contribution in [2.45, 2.75) is 25.3 Å². The van der Waals surface area contributed by atoms with Crippen molar-refractivity contribution in [2.75, 3.05) is 6.54 Å². The minimum absolute atomic E-state index is 0. The van der Waals surface area contributed by atoms with E-state index in [1.165, 1.54) is 12.1 Å².